The van der Waals surface area contributed by atoms with Crippen LogP contribution in [0.5, 0.6) is 0 Å². The summed E-state index contributed by atoms with van der Waals surface area (Å²) in [5.41, 5.74) is 0.916. The molecule has 0 spiro atoms. The largest absolute Gasteiger partial charge is 0.393 e. The summed E-state index contributed by atoms with van der Waals surface area (Å²) < 4.78 is 0. The maximum absolute atomic E-state index is 11.8. The van der Waals surface area contributed by atoms with E-state index in [0.29, 0.717) is 24.2 Å². The minimum Gasteiger partial charge on any atom is -0.393 e. The van der Waals surface area contributed by atoms with Gasteiger partial charge in [0.2, 0.25) is 0 Å². The molecular weight excluding hydrogens is 286 g/mol. The van der Waals surface area contributed by atoms with Crippen LogP contribution in [0.15, 0.2) is 18.2 Å². The quantitative estimate of drug-likeness (QED) is 0.587. The van der Waals surface area contributed by atoms with E-state index in [-0.39, 0.29) is 17.7 Å². The van der Waals surface area contributed by atoms with Crippen molar-refractivity contribution in [1.29, 1.82) is 0 Å². The molecule has 0 bridgehead atoms. The Balaban J connectivity index is 1.86. The summed E-state index contributed by atoms with van der Waals surface area (Å²) in [6.07, 6.45) is 3.22. The van der Waals surface area contributed by atoms with Crippen molar-refractivity contribution in [2.75, 3.05) is 11.9 Å². The zero-order valence-corrected chi connectivity index (χ0v) is 12.5. The summed E-state index contributed by atoms with van der Waals surface area (Å²) in [4.78, 5) is 22.3. The lowest BCUT2D eigenvalue weighted by Gasteiger charge is -2.25. The van der Waals surface area contributed by atoms with E-state index in [0.717, 1.165) is 19.3 Å². The number of nitro benzene ring substituents is 1. The first-order valence-electron chi connectivity index (χ1n) is 7.43. The fourth-order valence-corrected chi connectivity index (χ4v) is 2.74. The van der Waals surface area contributed by atoms with Crippen LogP contribution < -0.4 is 10.6 Å². The molecule has 1 fully saturated rings. The van der Waals surface area contributed by atoms with Crippen molar-refractivity contribution in [3.63, 3.8) is 0 Å². The molecule has 7 heteroatoms. The number of nitro groups is 1. The average Bonchev–Trinajstić information content (AvgIpc) is 2.47. The highest BCUT2D eigenvalue weighted by atomic mass is 16.6. The van der Waals surface area contributed by atoms with E-state index in [1.165, 1.54) is 6.07 Å². The van der Waals surface area contributed by atoms with Crippen LogP contribution in [0.1, 0.15) is 31.2 Å². The van der Waals surface area contributed by atoms with Gasteiger partial charge in [-0.05, 0) is 38.2 Å². The van der Waals surface area contributed by atoms with Crippen LogP contribution in [-0.4, -0.2) is 28.7 Å². The third kappa shape index (κ3) is 4.42. The number of aliphatic hydroxyl groups excluding tert-OH is 1. The number of nitrogens with zero attached hydrogens (tertiary/aromatic N) is 1. The second-order valence-corrected chi connectivity index (χ2v) is 5.78. The topological polar surface area (TPSA) is 104 Å². The number of benzene rings is 1. The highest BCUT2D eigenvalue weighted by Gasteiger charge is 2.20. The van der Waals surface area contributed by atoms with E-state index in [2.05, 4.69) is 10.6 Å². The molecule has 1 saturated carbocycles. The number of rotatable bonds is 4. The molecule has 0 aromatic heterocycles. The Labute approximate surface area is 128 Å². The van der Waals surface area contributed by atoms with E-state index in [4.69, 9.17) is 0 Å². The lowest BCUT2D eigenvalue weighted by Crippen LogP contribution is -2.35. The Kier molecular flexibility index (Phi) is 5.32. The summed E-state index contributed by atoms with van der Waals surface area (Å²) in [7, 11) is 0. The second-order valence-electron chi connectivity index (χ2n) is 5.78. The molecule has 1 aromatic carbocycles. The minimum atomic E-state index is -0.470. The number of nitrogens with one attached hydrogen (secondary N) is 2. The fourth-order valence-electron chi connectivity index (χ4n) is 2.74. The van der Waals surface area contributed by atoms with Crippen LogP contribution in [0.3, 0.4) is 0 Å². The Hall–Kier alpha value is -2.15. The molecule has 3 N–H and O–H groups in total. The van der Waals surface area contributed by atoms with Gasteiger partial charge in [-0.2, -0.15) is 0 Å². The maximum atomic E-state index is 11.8. The molecule has 7 nitrogen and oxygen atoms in total. The van der Waals surface area contributed by atoms with Gasteiger partial charge in [0.15, 0.2) is 0 Å². The van der Waals surface area contributed by atoms with Crippen molar-refractivity contribution >= 4 is 17.4 Å². The Morgan fingerprint density at radius 2 is 2.23 bits per heavy atom. The van der Waals surface area contributed by atoms with Crippen molar-refractivity contribution in [3.05, 3.63) is 33.9 Å². The van der Waals surface area contributed by atoms with Gasteiger partial charge in [0.25, 0.3) is 5.69 Å². The Morgan fingerprint density at radius 1 is 1.45 bits per heavy atom. The van der Waals surface area contributed by atoms with Crippen LogP contribution in [0, 0.1) is 23.0 Å². The molecule has 1 aliphatic carbocycles. The summed E-state index contributed by atoms with van der Waals surface area (Å²) >= 11 is 0. The van der Waals surface area contributed by atoms with Gasteiger partial charge in [0.1, 0.15) is 0 Å². The van der Waals surface area contributed by atoms with Gasteiger partial charge in [0.05, 0.1) is 11.0 Å². The van der Waals surface area contributed by atoms with Gasteiger partial charge >= 0.3 is 6.03 Å². The molecular formula is C15H21N3O4. The van der Waals surface area contributed by atoms with E-state index in [9.17, 15) is 20.0 Å². The normalized spacial score (nSPS) is 21.2. The standard InChI is InChI=1S/C15H21N3O4/c1-10-5-6-12(8-14(10)18(21)22)17-15(20)16-9-11-3-2-4-13(19)7-11/h5-6,8,11,13,19H,2-4,7,9H2,1H3,(H2,16,17,20). The molecule has 0 heterocycles. The van der Waals surface area contributed by atoms with Crippen LogP contribution in [-0.2, 0) is 0 Å². The first-order valence-corrected chi connectivity index (χ1v) is 7.43. The van der Waals surface area contributed by atoms with Gasteiger partial charge in [-0.15, -0.1) is 0 Å². The summed E-state index contributed by atoms with van der Waals surface area (Å²) in [5.74, 6) is 0.279. The summed E-state index contributed by atoms with van der Waals surface area (Å²) in [6, 6.07) is 4.19. The van der Waals surface area contributed by atoms with Gasteiger partial charge in [-0.3, -0.25) is 10.1 Å². The molecule has 0 saturated heterocycles. The van der Waals surface area contributed by atoms with Crippen molar-refractivity contribution in [2.45, 2.75) is 38.7 Å². The lowest BCUT2D eigenvalue weighted by atomic mass is 9.87. The Bertz CT molecular complexity index is 562. The number of carbonyl (C=O) groups is 1. The number of carbonyl (C=O) groups excluding carboxylic acids is 1. The Morgan fingerprint density at radius 3 is 2.91 bits per heavy atom. The van der Waals surface area contributed by atoms with Gasteiger partial charge in [-0.1, -0.05) is 12.5 Å². The number of hydrogen-bond donors (Lipinski definition) is 3. The van der Waals surface area contributed by atoms with E-state index < -0.39 is 11.0 Å². The highest BCUT2D eigenvalue weighted by molar-refractivity contribution is 5.89. The van der Waals surface area contributed by atoms with Crippen molar-refractivity contribution in [2.24, 2.45) is 5.92 Å². The van der Waals surface area contributed by atoms with Crippen LogP contribution >= 0.6 is 0 Å². The molecule has 2 atom stereocenters. The molecule has 22 heavy (non-hydrogen) atoms. The monoisotopic (exact) mass is 307 g/mol. The number of aryl methyl sites for hydroxylation is 1. The van der Waals surface area contributed by atoms with Gasteiger partial charge in [0, 0.05) is 23.9 Å². The highest BCUT2D eigenvalue weighted by Crippen LogP contribution is 2.24. The number of amides is 2. The molecule has 0 aliphatic heterocycles. The zero-order valence-electron chi connectivity index (χ0n) is 12.5. The molecule has 2 unspecified atom stereocenters. The van der Waals surface area contributed by atoms with Crippen molar-refractivity contribution in [3.8, 4) is 0 Å². The predicted octanol–water partition coefficient (Wildman–Crippen LogP) is 2.58. The first-order chi connectivity index (χ1) is 10.5. The average molecular weight is 307 g/mol. The smallest absolute Gasteiger partial charge is 0.319 e. The van der Waals surface area contributed by atoms with Gasteiger partial charge < -0.3 is 15.7 Å². The fraction of sp³-hybridized carbons (Fsp3) is 0.533. The number of aliphatic hydroxyl groups is 1. The first kappa shape index (κ1) is 16.2. The van der Waals surface area contributed by atoms with Crippen LogP contribution in [0.2, 0.25) is 0 Å². The summed E-state index contributed by atoms with van der Waals surface area (Å²) in [6.45, 7) is 2.15. The van der Waals surface area contributed by atoms with Crippen LogP contribution in [0.4, 0.5) is 16.2 Å². The minimum absolute atomic E-state index is 0.0202. The third-order valence-electron chi connectivity index (χ3n) is 3.97. The van der Waals surface area contributed by atoms with E-state index in [1.54, 1.807) is 19.1 Å². The predicted molar refractivity (Wildman–Crippen MR) is 82.8 cm³/mol. The maximum Gasteiger partial charge on any atom is 0.319 e. The van der Waals surface area contributed by atoms with E-state index >= 15 is 0 Å². The van der Waals surface area contributed by atoms with Crippen LogP contribution in [0.25, 0.3) is 0 Å². The molecule has 2 rings (SSSR count). The summed E-state index contributed by atoms with van der Waals surface area (Å²) in [5, 5.41) is 25.8. The number of hydrogen-bond acceptors (Lipinski definition) is 4. The zero-order chi connectivity index (χ0) is 16.1. The van der Waals surface area contributed by atoms with Gasteiger partial charge in [-0.25, -0.2) is 4.79 Å². The molecule has 0 radical (unpaired) electrons. The molecule has 2 amide bonds. The van der Waals surface area contributed by atoms with E-state index in [1.807, 2.05) is 0 Å². The number of anilines is 1. The third-order valence-corrected chi connectivity index (χ3v) is 3.97. The molecule has 1 aromatic rings. The molecule has 1 aliphatic rings. The van der Waals surface area contributed by atoms with Crippen molar-refractivity contribution in [1.82, 2.24) is 5.32 Å². The number of urea groups is 1. The second kappa shape index (κ2) is 7.22. The molecule has 120 valence electrons. The van der Waals surface area contributed by atoms with Crippen molar-refractivity contribution < 1.29 is 14.8 Å². The lowest BCUT2D eigenvalue weighted by molar-refractivity contribution is -0.385. The SMILES string of the molecule is Cc1ccc(NC(=O)NCC2CCCC(O)C2)cc1[N+](=O)[O-].